The molecule has 0 unspecified atom stereocenters. The van der Waals surface area contributed by atoms with Crippen LogP contribution in [0.4, 0.5) is 11.4 Å². The fourth-order valence-electron chi connectivity index (χ4n) is 1.67. The van der Waals surface area contributed by atoms with Gasteiger partial charge in [-0.25, -0.2) is 0 Å². The standard InChI is InChI=1S/C15H15IN2O2/c1-10-5-6-12(17)8-14(10)18-15(19)9-20-13-4-2-3-11(16)7-13/h2-8H,9,17H2,1H3,(H,18,19). The first-order chi connectivity index (χ1) is 9.54. The van der Waals surface area contributed by atoms with E-state index in [0.29, 0.717) is 17.1 Å². The summed E-state index contributed by atoms with van der Waals surface area (Å²) in [6.45, 7) is 1.88. The van der Waals surface area contributed by atoms with Crippen LogP contribution in [0.15, 0.2) is 42.5 Å². The van der Waals surface area contributed by atoms with E-state index in [-0.39, 0.29) is 12.5 Å². The Kier molecular flexibility index (Phi) is 4.84. The van der Waals surface area contributed by atoms with Crippen molar-refractivity contribution < 1.29 is 9.53 Å². The zero-order valence-electron chi connectivity index (χ0n) is 11.0. The van der Waals surface area contributed by atoms with Gasteiger partial charge in [0.05, 0.1) is 0 Å². The third kappa shape index (κ3) is 4.12. The number of carbonyl (C=O) groups excluding carboxylic acids is 1. The highest BCUT2D eigenvalue weighted by Crippen LogP contribution is 2.18. The number of amides is 1. The van der Waals surface area contributed by atoms with Crippen LogP contribution in [0.25, 0.3) is 0 Å². The third-order valence-corrected chi connectivity index (χ3v) is 3.37. The first kappa shape index (κ1) is 14.6. The number of carbonyl (C=O) groups is 1. The molecule has 0 atom stereocenters. The molecule has 0 aliphatic rings. The van der Waals surface area contributed by atoms with Crippen LogP contribution < -0.4 is 15.8 Å². The minimum Gasteiger partial charge on any atom is -0.484 e. The second-order valence-electron chi connectivity index (χ2n) is 4.37. The number of aryl methyl sites for hydroxylation is 1. The van der Waals surface area contributed by atoms with Gasteiger partial charge in [0.25, 0.3) is 5.91 Å². The van der Waals surface area contributed by atoms with Crippen molar-refractivity contribution in [1.29, 1.82) is 0 Å². The summed E-state index contributed by atoms with van der Waals surface area (Å²) in [4.78, 5) is 11.9. The maximum atomic E-state index is 11.9. The molecule has 0 bridgehead atoms. The Hall–Kier alpha value is -1.76. The van der Waals surface area contributed by atoms with Gasteiger partial charge in [0, 0.05) is 14.9 Å². The van der Waals surface area contributed by atoms with Gasteiger partial charge in [0.2, 0.25) is 0 Å². The lowest BCUT2D eigenvalue weighted by Gasteiger charge is -2.10. The molecule has 5 heteroatoms. The first-order valence-corrected chi connectivity index (χ1v) is 7.17. The average molecular weight is 382 g/mol. The van der Waals surface area contributed by atoms with Crippen LogP contribution in [0.1, 0.15) is 5.56 Å². The average Bonchev–Trinajstić information content (AvgIpc) is 2.41. The summed E-state index contributed by atoms with van der Waals surface area (Å²) in [7, 11) is 0. The van der Waals surface area contributed by atoms with Crippen LogP contribution in [0.2, 0.25) is 0 Å². The molecule has 2 aromatic carbocycles. The van der Waals surface area contributed by atoms with Crippen LogP contribution in [-0.4, -0.2) is 12.5 Å². The molecule has 0 aliphatic carbocycles. The monoisotopic (exact) mass is 382 g/mol. The van der Waals surface area contributed by atoms with Crippen molar-refractivity contribution in [3.8, 4) is 5.75 Å². The Morgan fingerprint density at radius 2 is 2.10 bits per heavy atom. The lowest BCUT2D eigenvalue weighted by Crippen LogP contribution is -2.20. The molecule has 0 aromatic heterocycles. The number of nitrogen functional groups attached to an aromatic ring is 1. The van der Waals surface area contributed by atoms with E-state index in [1.807, 2.05) is 37.3 Å². The van der Waals surface area contributed by atoms with Crippen molar-refractivity contribution in [2.45, 2.75) is 6.92 Å². The van der Waals surface area contributed by atoms with E-state index in [1.165, 1.54) is 0 Å². The summed E-state index contributed by atoms with van der Waals surface area (Å²) in [5, 5.41) is 2.79. The third-order valence-electron chi connectivity index (χ3n) is 2.70. The SMILES string of the molecule is Cc1ccc(N)cc1NC(=O)COc1cccc(I)c1. The Morgan fingerprint density at radius 1 is 1.30 bits per heavy atom. The molecule has 20 heavy (non-hydrogen) atoms. The number of nitrogens with one attached hydrogen (secondary N) is 1. The summed E-state index contributed by atoms with van der Waals surface area (Å²) >= 11 is 2.19. The van der Waals surface area contributed by atoms with Crippen molar-refractivity contribution in [2.24, 2.45) is 0 Å². The topological polar surface area (TPSA) is 64.3 Å². The minimum atomic E-state index is -0.211. The van der Waals surface area contributed by atoms with Gasteiger partial charge in [-0.1, -0.05) is 12.1 Å². The Morgan fingerprint density at radius 3 is 2.85 bits per heavy atom. The summed E-state index contributed by atoms with van der Waals surface area (Å²) in [6.07, 6.45) is 0. The molecule has 0 radical (unpaired) electrons. The predicted molar refractivity (Wildman–Crippen MR) is 88.9 cm³/mol. The van der Waals surface area contributed by atoms with Crippen molar-refractivity contribution in [2.75, 3.05) is 17.7 Å². The maximum absolute atomic E-state index is 11.9. The van der Waals surface area contributed by atoms with E-state index in [4.69, 9.17) is 10.5 Å². The van der Waals surface area contributed by atoms with Gasteiger partial charge < -0.3 is 15.8 Å². The number of anilines is 2. The number of ether oxygens (including phenoxy) is 1. The molecule has 0 aliphatic heterocycles. The number of nitrogens with two attached hydrogens (primary N) is 1. The van der Waals surface area contributed by atoms with Gasteiger partial charge in [-0.2, -0.15) is 0 Å². The number of hydrogen-bond donors (Lipinski definition) is 2. The molecule has 1 amide bonds. The van der Waals surface area contributed by atoms with Crippen LogP contribution in [0.5, 0.6) is 5.75 Å². The van der Waals surface area contributed by atoms with Crippen LogP contribution >= 0.6 is 22.6 Å². The molecule has 0 fully saturated rings. The Labute approximate surface area is 131 Å². The number of hydrogen-bond acceptors (Lipinski definition) is 3. The summed E-state index contributed by atoms with van der Waals surface area (Å²) < 4.78 is 6.51. The largest absolute Gasteiger partial charge is 0.484 e. The maximum Gasteiger partial charge on any atom is 0.262 e. The van der Waals surface area contributed by atoms with Crippen LogP contribution in [0, 0.1) is 10.5 Å². The quantitative estimate of drug-likeness (QED) is 0.631. The Balaban J connectivity index is 1.94. The van der Waals surface area contributed by atoms with E-state index in [1.54, 1.807) is 12.1 Å². The second kappa shape index (κ2) is 6.60. The minimum absolute atomic E-state index is 0.0334. The van der Waals surface area contributed by atoms with Crippen LogP contribution in [0.3, 0.4) is 0 Å². The number of halogens is 1. The normalized spacial score (nSPS) is 10.1. The lowest BCUT2D eigenvalue weighted by molar-refractivity contribution is -0.118. The fraction of sp³-hybridized carbons (Fsp3) is 0.133. The van der Waals surface area contributed by atoms with E-state index < -0.39 is 0 Å². The molecule has 104 valence electrons. The summed E-state index contributed by atoms with van der Waals surface area (Å²) in [6, 6.07) is 12.9. The van der Waals surface area contributed by atoms with Crippen molar-refractivity contribution in [3.05, 3.63) is 51.6 Å². The molecule has 2 rings (SSSR count). The van der Waals surface area contributed by atoms with Gasteiger partial charge in [-0.05, 0) is 65.4 Å². The smallest absolute Gasteiger partial charge is 0.262 e. The molecular formula is C15H15IN2O2. The first-order valence-electron chi connectivity index (χ1n) is 6.09. The highest BCUT2D eigenvalue weighted by Gasteiger charge is 2.06. The number of benzene rings is 2. The zero-order valence-corrected chi connectivity index (χ0v) is 13.2. The highest BCUT2D eigenvalue weighted by atomic mass is 127. The van der Waals surface area contributed by atoms with Crippen molar-refractivity contribution in [3.63, 3.8) is 0 Å². The van der Waals surface area contributed by atoms with E-state index in [0.717, 1.165) is 9.13 Å². The summed E-state index contributed by atoms with van der Waals surface area (Å²) in [5.74, 6) is 0.467. The molecule has 0 saturated carbocycles. The highest BCUT2D eigenvalue weighted by molar-refractivity contribution is 14.1. The molecule has 0 saturated heterocycles. The molecule has 4 nitrogen and oxygen atoms in total. The fourth-order valence-corrected chi connectivity index (χ4v) is 2.18. The van der Waals surface area contributed by atoms with Crippen LogP contribution in [-0.2, 0) is 4.79 Å². The van der Waals surface area contributed by atoms with Gasteiger partial charge >= 0.3 is 0 Å². The van der Waals surface area contributed by atoms with Gasteiger partial charge in [-0.3, -0.25) is 4.79 Å². The molecule has 0 spiro atoms. The number of rotatable bonds is 4. The van der Waals surface area contributed by atoms with Gasteiger partial charge in [0.1, 0.15) is 5.75 Å². The van der Waals surface area contributed by atoms with E-state index >= 15 is 0 Å². The van der Waals surface area contributed by atoms with Crippen molar-refractivity contribution >= 4 is 39.9 Å². The lowest BCUT2D eigenvalue weighted by atomic mass is 10.2. The molecule has 0 heterocycles. The second-order valence-corrected chi connectivity index (χ2v) is 5.61. The van der Waals surface area contributed by atoms with E-state index in [9.17, 15) is 4.79 Å². The van der Waals surface area contributed by atoms with Gasteiger partial charge in [0.15, 0.2) is 6.61 Å². The molecule has 2 aromatic rings. The Bertz CT molecular complexity index is 629. The molecule has 3 N–H and O–H groups in total. The van der Waals surface area contributed by atoms with Gasteiger partial charge in [-0.15, -0.1) is 0 Å². The predicted octanol–water partition coefficient (Wildman–Crippen LogP) is 3.20. The summed E-state index contributed by atoms with van der Waals surface area (Å²) in [5.41, 5.74) is 7.99. The molecular weight excluding hydrogens is 367 g/mol. The van der Waals surface area contributed by atoms with E-state index in [2.05, 4.69) is 27.9 Å². The zero-order chi connectivity index (χ0) is 14.5. The van der Waals surface area contributed by atoms with Crippen molar-refractivity contribution in [1.82, 2.24) is 0 Å².